The number of aryl methyl sites for hydroxylation is 1. The van der Waals surface area contributed by atoms with Gasteiger partial charge >= 0.3 is 0 Å². The summed E-state index contributed by atoms with van der Waals surface area (Å²) in [6.45, 7) is 2.43. The Kier molecular flexibility index (Phi) is 5.79. The molecule has 5 nitrogen and oxygen atoms in total. The highest BCUT2D eigenvalue weighted by atomic mass is 19.3. The number of aromatic nitrogens is 2. The second kappa shape index (κ2) is 8.65. The minimum absolute atomic E-state index is 0.199. The molecule has 2 atom stereocenters. The Morgan fingerprint density at radius 3 is 2.63 bits per heavy atom. The van der Waals surface area contributed by atoms with Crippen LogP contribution >= 0.6 is 0 Å². The van der Waals surface area contributed by atoms with Crippen LogP contribution in [0.5, 0.6) is 0 Å². The lowest BCUT2D eigenvalue weighted by Crippen LogP contribution is -2.32. The van der Waals surface area contributed by atoms with E-state index in [9.17, 15) is 13.6 Å². The SMILES string of the molecule is Cc1ccc([C@@H]2C[C@H](C(F)F)n3ncc(C(=O)NCCc4ccccc4)c3N2)cc1. The van der Waals surface area contributed by atoms with E-state index in [1.807, 2.05) is 61.5 Å². The van der Waals surface area contributed by atoms with E-state index in [1.165, 1.54) is 10.9 Å². The summed E-state index contributed by atoms with van der Waals surface area (Å²) in [5.41, 5.74) is 3.41. The molecule has 2 heterocycles. The van der Waals surface area contributed by atoms with Crippen LogP contribution in [0.4, 0.5) is 14.6 Å². The van der Waals surface area contributed by atoms with Gasteiger partial charge in [0, 0.05) is 6.54 Å². The maximum Gasteiger partial charge on any atom is 0.260 e. The van der Waals surface area contributed by atoms with Gasteiger partial charge in [0.15, 0.2) is 0 Å². The van der Waals surface area contributed by atoms with E-state index in [2.05, 4.69) is 15.7 Å². The van der Waals surface area contributed by atoms with E-state index in [0.717, 1.165) is 16.7 Å². The molecular formula is C23H24F2N4O. The number of carbonyl (C=O) groups is 1. The number of benzene rings is 2. The summed E-state index contributed by atoms with van der Waals surface area (Å²) in [5.74, 6) is 0.0200. The average Bonchev–Trinajstić information content (AvgIpc) is 3.18. The van der Waals surface area contributed by atoms with Crippen LogP contribution in [0.3, 0.4) is 0 Å². The second-order valence-electron chi connectivity index (χ2n) is 7.59. The number of alkyl halides is 2. The number of carbonyl (C=O) groups excluding carboxylic acids is 1. The maximum atomic E-state index is 13.8. The van der Waals surface area contributed by atoms with Crippen molar-refractivity contribution in [3.8, 4) is 0 Å². The van der Waals surface area contributed by atoms with Gasteiger partial charge in [0.2, 0.25) is 0 Å². The summed E-state index contributed by atoms with van der Waals surface area (Å²) in [5, 5.41) is 10.2. The number of hydrogen-bond acceptors (Lipinski definition) is 3. The van der Waals surface area contributed by atoms with Crippen molar-refractivity contribution in [3.05, 3.63) is 83.0 Å². The fraction of sp³-hybridized carbons (Fsp3) is 0.304. The predicted octanol–water partition coefficient (Wildman–Crippen LogP) is 4.53. The molecule has 1 aliphatic rings. The third kappa shape index (κ3) is 4.20. The molecule has 3 aromatic rings. The van der Waals surface area contributed by atoms with Gasteiger partial charge in [-0.15, -0.1) is 0 Å². The summed E-state index contributed by atoms with van der Waals surface area (Å²) in [7, 11) is 0. The Morgan fingerprint density at radius 2 is 1.93 bits per heavy atom. The standard InChI is InChI=1S/C23H24F2N4O/c1-15-7-9-17(10-8-15)19-13-20(21(24)25)29-22(28-19)18(14-27-29)23(30)26-12-11-16-5-3-2-4-6-16/h2-10,14,19-21,28H,11-13H2,1H3,(H,26,30)/t19-,20+/m0/s1. The molecule has 0 saturated carbocycles. The molecule has 156 valence electrons. The first kappa shape index (κ1) is 20.1. The molecule has 1 aliphatic heterocycles. The number of nitrogens with one attached hydrogen (secondary N) is 2. The lowest BCUT2D eigenvalue weighted by Gasteiger charge is -2.32. The van der Waals surface area contributed by atoms with Gasteiger partial charge < -0.3 is 10.6 Å². The second-order valence-corrected chi connectivity index (χ2v) is 7.59. The fourth-order valence-corrected chi connectivity index (χ4v) is 3.78. The van der Waals surface area contributed by atoms with E-state index in [0.29, 0.717) is 18.8 Å². The highest BCUT2D eigenvalue weighted by molar-refractivity contribution is 5.98. The molecule has 4 rings (SSSR count). The van der Waals surface area contributed by atoms with Crippen LogP contribution in [0, 0.1) is 6.92 Å². The summed E-state index contributed by atoms with van der Waals surface area (Å²) in [6, 6.07) is 16.2. The summed E-state index contributed by atoms with van der Waals surface area (Å²) < 4.78 is 28.8. The van der Waals surface area contributed by atoms with Crippen molar-refractivity contribution in [2.24, 2.45) is 0 Å². The third-order valence-electron chi connectivity index (χ3n) is 5.46. The van der Waals surface area contributed by atoms with Gasteiger partial charge in [-0.25, -0.2) is 13.5 Å². The molecule has 30 heavy (non-hydrogen) atoms. The molecule has 0 bridgehead atoms. The zero-order valence-corrected chi connectivity index (χ0v) is 16.7. The van der Waals surface area contributed by atoms with Gasteiger partial charge in [-0.3, -0.25) is 4.79 Å². The molecule has 0 aliphatic carbocycles. The van der Waals surface area contributed by atoms with Crippen molar-refractivity contribution in [2.45, 2.75) is 38.3 Å². The molecule has 0 spiro atoms. The van der Waals surface area contributed by atoms with Crippen LogP contribution in [0.2, 0.25) is 0 Å². The van der Waals surface area contributed by atoms with Crippen molar-refractivity contribution in [1.82, 2.24) is 15.1 Å². The average molecular weight is 410 g/mol. The Morgan fingerprint density at radius 1 is 1.20 bits per heavy atom. The highest BCUT2D eigenvalue weighted by Gasteiger charge is 2.36. The molecule has 1 aromatic heterocycles. The minimum atomic E-state index is -2.58. The summed E-state index contributed by atoms with van der Waals surface area (Å²) in [6.07, 6.45) is -0.320. The summed E-state index contributed by atoms with van der Waals surface area (Å²) in [4.78, 5) is 12.7. The van der Waals surface area contributed by atoms with Gasteiger partial charge in [0.1, 0.15) is 17.4 Å². The number of anilines is 1. The van der Waals surface area contributed by atoms with Gasteiger partial charge in [-0.2, -0.15) is 5.10 Å². The van der Waals surface area contributed by atoms with E-state index < -0.39 is 12.5 Å². The highest BCUT2D eigenvalue weighted by Crippen LogP contribution is 2.39. The Bertz CT molecular complexity index is 1000. The molecule has 0 radical (unpaired) electrons. The van der Waals surface area contributed by atoms with Gasteiger partial charge in [0.05, 0.1) is 12.2 Å². The molecular weight excluding hydrogens is 386 g/mol. The number of hydrogen-bond donors (Lipinski definition) is 2. The summed E-state index contributed by atoms with van der Waals surface area (Å²) >= 11 is 0. The van der Waals surface area contributed by atoms with Crippen molar-refractivity contribution < 1.29 is 13.6 Å². The normalized spacial score (nSPS) is 18.0. The van der Waals surface area contributed by atoms with Gasteiger partial charge in [0.25, 0.3) is 12.3 Å². The van der Waals surface area contributed by atoms with Crippen LogP contribution in [0.15, 0.2) is 60.8 Å². The number of rotatable bonds is 6. The van der Waals surface area contributed by atoms with Crippen LogP contribution in [0.1, 0.15) is 45.6 Å². The van der Waals surface area contributed by atoms with Crippen molar-refractivity contribution in [2.75, 3.05) is 11.9 Å². The first-order chi connectivity index (χ1) is 14.5. The zero-order chi connectivity index (χ0) is 21.1. The largest absolute Gasteiger partial charge is 0.363 e. The third-order valence-corrected chi connectivity index (χ3v) is 5.46. The lowest BCUT2D eigenvalue weighted by molar-refractivity contribution is 0.0656. The molecule has 7 heteroatoms. The van der Waals surface area contributed by atoms with Gasteiger partial charge in [-0.05, 0) is 30.9 Å². The predicted molar refractivity (Wildman–Crippen MR) is 112 cm³/mol. The lowest BCUT2D eigenvalue weighted by atomic mass is 9.96. The smallest absolute Gasteiger partial charge is 0.260 e. The molecule has 0 fully saturated rings. The minimum Gasteiger partial charge on any atom is -0.363 e. The van der Waals surface area contributed by atoms with E-state index >= 15 is 0 Å². The maximum absolute atomic E-state index is 13.8. The first-order valence-electron chi connectivity index (χ1n) is 10.0. The number of halogens is 2. The van der Waals surface area contributed by atoms with E-state index in [-0.39, 0.29) is 23.9 Å². The monoisotopic (exact) mass is 410 g/mol. The van der Waals surface area contributed by atoms with Crippen LogP contribution in [-0.2, 0) is 6.42 Å². The van der Waals surface area contributed by atoms with Gasteiger partial charge in [-0.1, -0.05) is 60.2 Å². The first-order valence-corrected chi connectivity index (χ1v) is 10.0. The van der Waals surface area contributed by atoms with Crippen molar-refractivity contribution >= 4 is 11.7 Å². The van der Waals surface area contributed by atoms with Crippen LogP contribution in [0.25, 0.3) is 0 Å². The zero-order valence-electron chi connectivity index (χ0n) is 16.7. The van der Waals surface area contributed by atoms with Crippen molar-refractivity contribution in [3.63, 3.8) is 0 Å². The molecule has 0 unspecified atom stereocenters. The number of fused-ring (bicyclic) bond motifs is 1. The number of amides is 1. The quantitative estimate of drug-likeness (QED) is 0.628. The Labute approximate surface area is 174 Å². The molecule has 2 N–H and O–H groups in total. The molecule has 1 amide bonds. The molecule has 2 aromatic carbocycles. The van der Waals surface area contributed by atoms with E-state index in [4.69, 9.17) is 0 Å². The van der Waals surface area contributed by atoms with Crippen molar-refractivity contribution in [1.29, 1.82) is 0 Å². The van der Waals surface area contributed by atoms with E-state index in [1.54, 1.807) is 0 Å². The fourth-order valence-electron chi connectivity index (χ4n) is 3.78. The Hall–Kier alpha value is -3.22. The Balaban J connectivity index is 1.52. The topological polar surface area (TPSA) is 59.0 Å². The van der Waals surface area contributed by atoms with Crippen LogP contribution < -0.4 is 10.6 Å². The van der Waals surface area contributed by atoms with Crippen LogP contribution in [-0.4, -0.2) is 28.7 Å². The number of nitrogens with zero attached hydrogens (tertiary/aromatic N) is 2. The molecule has 0 saturated heterocycles.